The van der Waals surface area contributed by atoms with E-state index in [1.807, 2.05) is 35.0 Å². The number of hydrogen-bond donors (Lipinski definition) is 2. The average Bonchev–Trinajstić information content (AvgIpc) is 3.44. The van der Waals surface area contributed by atoms with Crippen molar-refractivity contribution in [2.45, 2.75) is 45.8 Å². The first kappa shape index (κ1) is 28.2. The van der Waals surface area contributed by atoms with Gasteiger partial charge in [0.1, 0.15) is 23.3 Å². The summed E-state index contributed by atoms with van der Waals surface area (Å²) in [4.78, 5) is 26.3. The van der Waals surface area contributed by atoms with Crippen molar-refractivity contribution in [2.75, 3.05) is 17.2 Å². The number of imidazole rings is 1. The van der Waals surface area contributed by atoms with Crippen LogP contribution in [-0.2, 0) is 22.7 Å². The van der Waals surface area contributed by atoms with Crippen LogP contribution in [0.25, 0.3) is 17.2 Å². The molecule has 0 atom stereocenters. The molecule has 1 aromatic carbocycles. The van der Waals surface area contributed by atoms with Crippen LogP contribution in [0.15, 0.2) is 73.7 Å². The monoisotopic (exact) mass is 554 g/mol. The number of benzene rings is 1. The lowest BCUT2D eigenvalue weighted by molar-refractivity contribution is -0.121. The van der Waals surface area contributed by atoms with Crippen molar-refractivity contribution >= 4 is 29.3 Å². The maximum atomic E-state index is 13.5. The summed E-state index contributed by atoms with van der Waals surface area (Å²) in [6, 6.07) is 13.8. The fourth-order valence-electron chi connectivity index (χ4n) is 5.04. The van der Waals surface area contributed by atoms with Crippen molar-refractivity contribution < 1.29 is 13.9 Å². The predicted molar refractivity (Wildman–Crippen MR) is 159 cm³/mol. The fourth-order valence-corrected chi connectivity index (χ4v) is 5.04. The van der Waals surface area contributed by atoms with Crippen LogP contribution in [0.1, 0.15) is 44.1 Å². The fraction of sp³-hybridized carbons (Fsp3) is 0.312. The smallest absolute Gasteiger partial charge is 0.228 e. The Balaban J connectivity index is 1.33. The number of nitrogens with one attached hydrogen (secondary N) is 2. The zero-order valence-electron chi connectivity index (χ0n) is 23.2. The second-order valence-corrected chi connectivity index (χ2v) is 10.5. The summed E-state index contributed by atoms with van der Waals surface area (Å²) in [6.45, 7) is 7.42. The lowest BCUT2D eigenvalue weighted by Gasteiger charge is -2.25. The highest BCUT2D eigenvalue weighted by Crippen LogP contribution is 2.30. The van der Waals surface area contributed by atoms with E-state index in [2.05, 4.69) is 34.1 Å². The molecule has 1 aliphatic rings. The zero-order chi connectivity index (χ0) is 28.6. The number of hydrogen-bond acceptors (Lipinski definition) is 6. The van der Waals surface area contributed by atoms with Gasteiger partial charge < -0.3 is 19.9 Å². The Hall–Kier alpha value is -4.37. The molecule has 3 aromatic heterocycles. The Labute approximate surface area is 239 Å². The minimum Gasteiger partial charge on any atom is -0.373 e. The number of ether oxygens (including phenoxy) is 1. The third-order valence-corrected chi connectivity index (χ3v) is 7.38. The van der Waals surface area contributed by atoms with Crippen LogP contribution < -0.4 is 10.6 Å². The number of carbonyl (C=O) groups is 1. The van der Waals surface area contributed by atoms with Crippen LogP contribution in [-0.4, -0.2) is 32.0 Å². The number of aromatic nitrogens is 4. The number of carbonyl (C=O) groups excluding carboxylic acids is 1. The molecule has 9 heteroatoms. The average molecular weight is 555 g/mol. The Morgan fingerprint density at radius 2 is 1.83 bits per heavy atom. The lowest BCUT2D eigenvalue weighted by Crippen LogP contribution is -2.26. The Morgan fingerprint density at radius 3 is 2.61 bits per heavy atom. The van der Waals surface area contributed by atoms with Crippen molar-refractivity contribution in [1.82, 2.24) is 19.5 Å². The van der Waals surface area contributed by atoms with E-state index in [4.69, 9.17) is 9.72 Å². The third-order valence-electron chi connectivity index (χ3n) is 7.38. The van der Waals surface area contributed by atoms with Crippen LogP contribution in [0, 0.1) is 17.7 Å². The number of halogens is 1. The number of pyridine rings is 2. The van der Waals surface area contributed by atoms with E-state index >= 15 is 0 Å². The molecule has 2 N–H and O–H groups in total. The van der Waals surface area contributed by atoms with E-state index in [1.54, 1.807) is 30.6 Å². The molecule has 0 saturated heterocycles. The molecule has 0 unspecified atom stereocenters. The number of nitrogens with zero attached hydrogens (tertiary/aromatic N) is 4. The highest BCUT2D eigenvalue weighted by molar-refractivity contribution is 5.92. The largest absolute Gasteiger partial charge is 0.373 e. The molecule has 212 valence electrons. The van der Waals surface area contributed by atoms with E-state index in [0.29, 0.717) is 43.0 Å². The summed E-state index contributed by atoms with van der Waals surface area (Å²) < 4.78 is 21.4. The third kappa shape index (κ3) is 7.64. The first-order valence-corrected chi connectivity index (χ1v) is 14.0. The van der Waals surface area contributed by atoms with Gasteiger partial charge >= 0.3 is 0 Å². The van der Waals surface area contributed by atoms with Crippen LogP contribution in [0.3, 0.4) is 0 Å². The van der Waals surface area contributed by atoms with Gasteiger partial charge in [-0.2, -0.15) is 0 Å². The number of rotatable bonds is 11. The molecular formula is C32H35FN6O2. The van der Waals surface area contributed by atoms with Gasteiger partial charge in [-0.05, 0) is 97.3 Å². The molecule has 1 fully saturated rings. The minimum absolute atomic E-state index is 0.0257. The van der Waals surface area contributed by atoms with Gasteiger partial charge in [-0.15, -0.1) is 0 Å². The molecule has 0 aliphatic heterocycles. The van der Waals surface area contributed by atoms with Crippen molar-refractivity contribution in [3.05, 3.63) is 91.0 Å². The molecule has 1 amide bonds. The molecule has 1 saturated carbocycles. The summed E-state index contributed by atoms with van der Waals surface area (Å²) in [7, 11) is 0. The molecule has 8 nitrogen and oxygen atoms in total. The maximum absolute atomic E-state index is 13.5. The minimum atomic E-state index is -0.307. The second-order valence-electron chi connectivity index (χ2n) is 10.5. The quantitative estimate of drug-likeness (QED) is 0.197. The van der Waals surface area contributed by atoms with Gasteiger partial charge in [0.2, 0.25) is 5.91 Å². The standard InChI is InChI=1S/C32H35FN6O2/c1-3-31-35-14-15-39(31)16-17-41-21-28-18-25(20-30(37-28)36-27-10-8-26(33)9-11-27)24-12-13-34-29(19-24)38-32(40)23-6-4-22(2)5-7-23/h3,8-15,18-20,22-23H,1,4-7,16-17,21H2,2H3,(H,36,37)(H,34,38,40). The molecule has 0 spiro atoms. The Kier molecular flexibility index (Phi) is 9.15. The van der Waals surface area contributed by atoms with Gasteiger partial charge in [0.05, 0.1) is 18.9 Å². The number of amides is 1. The van der Waals surface area contributed by atoms with Crippen LogP contribution in [0.4, 0.5) is 21.7 Å². The topological polar surface area (TPSA) is 94.0 Å². The molecular weight excluding hydrogens is 519 g/mol. The Morgan fingerprint density at radius 1 is 1.05 bits per heavy atom. The van der Waals surface area contributed by atoms with Crippen molar-refractivity contribution in [3.63, 3.8) is 0 Å². The highest BCUT2D eigenvalue weighted by atomic mass is 19.1. The van der Waals surface area contributed by atoms with Crippen molar-refractivity contribution in [1.29, 1.82) is 0 Å². The van der Waals surface area contributed by atoms with E-state index in [1.165, 1.54) is 12.1 Å². The maximum Gasteiger partial charge on any atom is 0.228 e. The molecule has 4 aromatic rings. The van der Waals surface area contributed by atoms with E-state index in [-0.39, 0.29) is 17.6 Å². The first-order chi connectivity index (χ1) is 20.0. The first-order valence-electron chi connectivity index (χ1n) is 14.0. The van der Waals surface area contributed by atoms with Crippen LogP contribution in [0.5, 0.6) is 0 Å². The van der Waals surface area contributed by atoms with Crippen LogP contribution in [0.2, 0.25) is 0 Å². The van der Waals surface area contributed by atoms with Gasteiger partial charge in [-0.25, -0.2) is 19.3 Å². The molecule has 5 rings (SSSR count). The molecule has 1 aliphatic carbocycles. The summed E-state index contributed by atoms with van der Waals surface area (Å²) in [5.41, 5.74) is 3.20. The summed E-state index contributed by atoms with van der Waals surface area (Å²) >= 11 is 0. The Bertz CT molecular complexity index is 1480. The van der Waals surface area contributed by atoms with Gasteiger partial charge in [-0.3, -0.25) is 4.79 Å². The van der Waals surface area contributed by atoms with Gasteiger partial charge in [0.15, 0.2) is 0 Å². The van der Waals surface area contributed by atoms with E-state index in [0.717, 1.165) is 48.3 Å². The summed E-state index contributed by atoms with van der Waals surface area (Å²) in [5.74, 6) is 2.33. The van der Waals surface area contributed by atoms with Gasteiger partial charge in [0.25, 0.3) is 0 Å². The predicted octanol–water partition coefficient (Wildman–Crippen LogP) is 6.85. The zero-order valence-corrected chi connectivity index (χ0v) is 23.2. The van der Waals surface area contributed by atoms with Crippen molar-refractivity contribution in [3.8, 4) is 11.1 Å². The molecule has 3 heterocycles. The van der Waals surface area contributed by atoms with E-state index < -0.39 is 0 Å². The molecule has 0 radical (unpaired) electrons. The summed E-state index contributed by atoms with van der Waals surface area (Å²) in [5, 5.41) is 6.28. The normalized spacial score (nSPS) is 16.7. The molecule has 41 heavy (non-hydrogen) atoms. The van der Waals surface area contributed by atoms with Gasteiger partial charge in [0, 0.05) is 36.7 Å². The number of anilines is 3. The lowest BCUT2D eigenvalue weighted by atomic mass is 9.82. The van der Waals surface area contributed by atoms with Gasteiger partial charge in [-0.1, -0.05) is 13.5 Å². The second kappa shape index (κ2) is 13.3. The van der Waals surface area contributed by atoms with Crippen molar-refractivity contribution in [2.24, 2.45) is 11.8 Å². The van der Waals surface area contributed by atoms with Crippen LogP contribution >= 0.6 is 0 Å². The summed E-state index contributed by atoms with van der Waals surface area (Å²) in [6.07, 6.45) is 11.0. The SMILES string of the molecule is C=Cc1nccn1CCOCc1cc(-c2ccnc(NC(=O)C3CCC(C)CC3)c2)cc(Nc2ccc(F)cc2)n1. The highest BCUT2D eigenvalue weighted by Gasteiger charge is 2.24. The van der Waals surface area contributed by atoms with E-state index in [9.17, 15) is 9.18 Å². The molecule has 0 bridgehead atoms.